The number of benzene rings is 1. The highest BCUT2D eigenvalue weighted by molar-refractivity contribution is 7.92. The number of carboxylic acid groups (broad SMARTS) is 1. The summed E-state index contributed by atoms with van der Waals surface area (Å²) in [4.78, 5) is 27.6. The number of amides is 1. The van der Waals surface area contributed by atoms with E-state index in [4.69, 9.17) is 10.8 Å². The van der Waals surface area contributed by atoms with Crippen LogP contribution in [0.2, 0.25) is 0 Å². The summed E-state index contributed by atoms with van der Waals surface area (Å²) >= 11 is 0. The summed E-state index contributed by atoms with van der Waals surface area (Å²) in [5.74, 6) is -2.16. The molecule has 0 aliphatic rings. The van der Waals surface area contributed by atoms with Gasteiger partial charge in [0.2, 0.25) is 0 Å². The number of aromatic amines is 1. The van der Waals surface area contributed by atoms with Crippen LogP contribution in [0.25, 0.3) is 6.08 Å². The molecule has 0 radical (unpaired) electrons. The van der Waals surface area contributed by atoms with Gasteiger partial charge in [-0.1, -0.05) is 12.1 Å². The molecule has 0 aliphatic heterocycles. The number of carboxylic acids is 1. The van der Waals surface area contributed by atoms with Crippen molar-refractivity contribution in [2.45, 2.75) is 4.90 Å². The topological polar surface area (TPSA) is 155 Å². The molecule has 0 fully saturated rings. The number of nitrogens with one attached hydrogen (secondary N) is 2. The van der Waals surface area contributed by atoms with Crippen molar-refractivity contribution < 1.29 is 23.1 Å². The van der Waals surface area contributed by atoms with Crippen molar-refractivity contribution in [3.8, 4) is 0 Å². The molecule has 0 atom stereocenters. The smallest absolute Gasteiger partial charge is 0.328 e. The Morgan fingerprint density at radius 3 is 2.48 bits per heavy atom. The summed E-state index contributed by atoms with van der Waals surface area (Å²) in [6.07, 6.45) is 3.40. The molecule has 1 amide bonds. The number of primary amides is 1. The Morgan fingerprint density at radius 2 is 1.91 bits per heavy atom. The van der Waals surface area contributed by atoms with E-state index in [1.54, 1.807) is 0 Å². The van der Waals surface area contributed by atoms with Crippen LogP contribution in [-0.2, 0) is 14.8 Å². The maximum absolute atomic E-state index is 12.2. The highest BCUT2D eigenvalue weighted by Gasteiger charge is 2.19. The number of carbonyl (C=O) groups excluding carboxylic acids is 1. The van der Waals surface area contributed by atoms with E-state index in [0.717, 1.165) is 12.4 Å². The lowest BCUT2D eigenvalue weighted by Gasteiger charge is -2.07. The molecule has 1 aromatic carbocycles. The fraction of sp³-hybridized carbons (Fsp3) is 0. The van der Waals surface area contributed by atoms with Crippen molar-refractivity contribution in [2.75, 3.05) is 4.72 Å². The van der Waals surface area contributed by atoms with Crippen molar-refractivity contribution in [1.82, 2.24) is 9.97 Å². The van der Waals surface area contributed by atoms with Crippen LogP contribution < -0.4 is 10.5 Å². The predicted octanol–water partition coefficient (Wildman–Crippen LogP) is 0.407. The first-order valence-electron chi connectivity index (χ1n) is 6.16. The maximum atomic E-state index is 12.2. The Kier molecular flexibility index (Phi) is 4.46. The molecule has 2 rings (SSSR count). The van der Waals surface area contributed by atoms with Crippen LogP contribution in [0.4, 0.5) is 5.82 Å². The lowest BCUT2D eigenvalue weighted by molar-refractivity contribution is -0.131. The summed E-state index contributed by atoms with van der Waals surface area (Å²) in [6, 6.07) is 5.46. The number of nitrogens with zero attached hydrogens (tertiary/aromatic N) is 1. The van der Waals surface area contributed by atoms with Crippen molar-refractivity contribution in [3.63, 3.8) is 0 Å². The van der Waals surface area contributed by atoms with Gasteiger partial charge in [0.05, 0.1) is 11.2 Å². The zero-order chi connectivity index (χ0) is 17.0. The molecule has 0 aliphatic carbocycles. The average Bonchev–Trinajstić information content (AvgIpc) is 2.93. The molecule has 0 bridgehead atoms. The Hall–Kier alpha value is -3.14. The van der Waals surface area contributed by atoms with Crippen LogP contribution in [0.3, 0.4) is 0 Å². The molecule has 5 N–H and O–H groups in total. The summed E-state index contributed by atoms with van der Waals surface area (Å²) in [5, 5.41) is 8.53. The van der Waals surface area contributed by atoms with Crippen molar-refractivity contribution in [1.29, 1.82) is 0 Å². The molecule has 0 saturated heterocycles. The molecule has 10 heteroatoms. The number of aromatic nitrogens is 2. The minimum Gasteiger partial charge on any atom is -0.478 e. The molecule has 1 aromatic heterocycles. The lowest BCUT2D eigenvalue weighted by Crippen LogP contribution is -2.18. The Balaban J connectivity index is 2.24. The van der Waals surface area contributed by atoms with E-state index >= 15 is 0 Å². The van der Waals surface area contributed by atoms with Gasteiger partial charge in [0.15, 0.2) is 5.82 Å². The van der Waals surface area contributed by atoms with E-state index in [1.165, 1.54) is 30.3 Å². The Labute approximate surface area is 130 Å². The van der Waals surface area contributed by atoms with Crippen LogP contribution in [0.5, 0.6) is 0 Å². The van der Waals surface area contributed by atoms with Crippen LogP contribution in [0.15, 0.2) is 41.6 Å². The van der Waals surface area contributed by atoms with Crippen LogP contribution in [0, 0.1) is 0 Å². The molecule has 23 heavy (non-hydrogen) atoms. The number of rotatable bonds is 6. The Bertz CT molecular complexity index is 868. The van der Waals surface area contributed by atoms with Gasteiger partial charge in [-0.25, -0.2) is 18.2 Å². The molecule has 120 valence electrons. The lowest BCUT2D eigenvalue weighted by atomic mass is 10.2. The minimum absolute atomic E-state index is 0.0802. The summed E-state index contributed by atoms with van der Waals surface area (Å²) in [7, 11) is -3.97. The van der Waals surface area contributed by atoms with Crippen LogP contribution >= 0.6 is 0 Å². The first-order chi connectivity index (χ1) is 10.8. The number of nitrogens with two attached hydrogens (primary N) is 1. The molecule has 0 unspecified atom stereocenters. The second-order valence-electron chi connectivity index (χ2n) is 4.34. The third kappa shape index (κ3) is 3.95. The predicted molar refractivity (Wildman–Crippen MR) is 81.0 cm³/mol. The molecule has 2 aromatic rings. The fourth-order valence-corrected chi connectivity index (χ4v) is 2.69. The zero-order valence-corrected chi connectivity index (χ0v) is 12.4. The van der Waals surface area contributed by atoms with Gasteiger partial charge >= 0.3 is 5.97 Å². The molecular weight excluding hydrogens is 324 g/mol. The van der Waals surface area contributed by atoms with Gasteiger partial charge < -0.3 is 15.8 Å². The largest absolute Gasteiger partial charge is 0.478 e. The molecule has 0 spiro atoms. The van der Waals surface area contributed by atoms with Gasteiger partial charge in [-0.15, -0.1) is 0 Å². The third-order valence-corrected chi connectivity index (χ3v) is 4.08. The second kappa shape index (κ2) is 6.32. The van der Waals surface area contributed by atoms with Crippen LogP contribution in [0.1, 0.15) is 16.1 Å². The maximum Gasteiger partial charge on any atom is 0.328 e. The van der Waals surface area contributed by atoms with E-state index in [9.17, 15) is 18.0 Å². The summed E-state index contributed by atoms with van der Waals surface area (Å²) in [6.45, 7) is 0. The zero-order valence-electron chi connectivity index (χ0n) is 11.6. The van der Waals surface area contributed by atoms with Gasteiger partial charge in [-0.05, 0) is 23.8 Å². The fourth-order valence-electron chi connectivity index (χ4n) is 1.67. The van der Waals surface area contributed by atoms with Crippen LogP contribution in [-0.4, -0.2) is 35.4 Å². The van der Waals surface area contributed by atoms with Gasteiger partial charge in [-0.3, -0.25) is 9.52 Å². The third-order valence-electron chi connectivity index (χ3n) is 2.73. The first-order valence-corrected chi connectivity index (χ1v) is 7.65. The van der Waals surface area contributed by atoms with E-state index in [1.807, 2.05) is 0 Å². The van der Waals surface area contributed by atoms with Crippen molar-refractivity contribution >= 4 is 33.8 Å². The van der Waals surface area contributed by atoms with E-state index < -0.39 is 21.9 Å². The number of sulfonamides is 1. The molecule has 9 nitrogen and oxygen atoms in total. The van der Waals surface area contributed by atoms with Gasteiger partial charge in [0.1, 0.15) is 5.69 Å². The number of hydrogen-bond donors (Lipinski definition) is 4. The summed E-state index contributed by atoms with van der Waals surface area (Å²) < 4.78 is 26.6. The number of aliphatic carboxylic acids is 1. The number of imidazole rings is 1. The molecule has 0 saturated carbocycles. The monoisotopic (exact) mass is 336 g/mol. The van der Waals surface area contributed by atoms with E-state index in [0.29, 0.717) is 5.56 Å². The number of anilines is 1. The van der Waals surface area contributed by atoms with Gasteiger partial charge in [-0.2, -0.15) is 0 Å². The standard InChI is InChI=1S/C13H12N4O5S/c14-12(20)11-13(16-7-15-11)17-23(21,22)9-4-1-8(2-5-9)3-6-10(18)19/h1-7,17H,(H2,14,20)(H,15,16)(H,18,19)/b6-3+. The quantitative estimate of drug-likeness (QED) is 0.560. The van der Waals surface area contributed by atoms with Crippen molar-refractivity contribution in [3.05, 3.63) is 47.9 Å². The van der Waals surface area contributed by atoms with E-state index in [-0.39, 0.29) is 16.4 Å². The van der Waals surface area contributed by atoms with E-state index in [2.05, 4.69) is 14.7 Å². The highest BCUT2D eigenvalue weighted by Crippen LogP contribution is 2.17. The Morgan fingerprint density at radius 1 is 1.26 bits per heavy atom. The summed E-state index contributed by atoms with van der Waals surface area (Å²) in [5.41, 5.74) is 5.45. The first kappa shape index (κ1) is 16.2. The number of hydrogen-bond acceptors (Lipinski definition) is 5. The SMILES string of the molecule is NC(=O)c1[nH]cnc1NS(=O)(=O)c1ccc(/C=C/C(=O)O)cc1. The minimum atomic E-state index is -3.97. The molecule has 1 heterocycles. The van der Waals surface area contributed by atoms with Gasteiger partial charge in [0, 0.05) is 6.08 Å². The number of carbonyl (C=O) groups is 2. The second-order valence-corrected chi connectivity index (χ2v) is 6.02. The highest BCUT2D eigenvalue weighted by atomic mass is 32.2. The average molecular weight is 336 g/mol. The number of H-pyrrole nitrogens is 1. The molecular formula is C13H12N4O5S. The normalized spacial score (nSPS) is 11.5. The van der Waals surface area contributed by atoms with Gasteiger partial charge in [0.25, 0.3) is 15.9 Å². The van der Waals surface area contributed by atoms with Crippen molar-refractivity contribution in [2.24, 2.45) is 5.73 Å².